The molecular weight excluding hydrogens is 266 g/mol. The van der Waals surface area contributed by atoms with Crippen LogP contribution in [0, 0.1) is 17.2 Å². The van der Waals surface area contributed by atoms with E-state index in [4.69, 9.17) is 5.26 Å². The predicted octanol–water partition coefficient (Wildman–Crippen LogP) is 1.59. The average molecular weight is 287 g/mol. The number of anilines is 1. The molecule has 2 unspecified atom stereocenters. The van der Waals surface area contributed by atoms with Crippen LogP contribution in [0.5, 0.6) is 0 Å². The van der Waals surface area contributed by atoms with Crippen LogP contribution in [-0.4, -0.2) is 42.2 Å². The van der Waals surface area contributed by atoms with E-state index < -0.39 is 0 Å². The molecule has 1 amide bonds. The molecule has 1 saturated carbocycles. The van der Waals surface area contributed by atoms with E-state index >= 15 is 0 Å². The predicted molar refractivity (Wildman–Crippen MR) is 80.6 cm³/mol. The Morgan fingerprint density at radius 3 is 3.00 bits per heavy atom. The van der Waals surface area contributed by atoms with Gasteiger partial charge in [-0.3, -0.25) is 9.69 Å². The van der Waals surface area contributed by atoms with Gasteiger partial charge in [-0.15, -0.1) is 0 Å². The molecule has 2 atom stereocenters. The summed E-state index contributed by atoms with van der Waals surface area (Å²) in [6.45, 7) is 1.01. The van der Waals surface area contributed by atoms with Gasteiger partial charge >= 0.3 is 0 Å². The summed E-state index contributed by atoms with van der Waals surface area (Å²) in [6, 6.07) is 8.90. The van der Waals surface area contributed by atoms with Gasteiger partial charge in [-0.25, -0.2) is 0 Å². The lowest BCUT2D eigenvalue weighted by Gasteiger charge is -2.22. The molecule has 0 heterocycles. The van der Waals surface area contributed by atoms with Gasteiger partial charge in [0.1, 0.15) is 0 Å². The molecule has 21 heavy (non-hydrogen) atoms. The Bertz CT molecular complexity index is 539. The summed E-state index contributed by atoms with van der Waals surface area (Å²) in [7, 11) is 1.89. The normalized spacial score (nSPS) is 21.2. The molecule has 2 N–H and O–H groups in total. The summed E-state index contributed by atoms with van der Waals surface area (Å²) in [4.78, 5) is 13.9. The molecule has 0 aromatic heterocycles. The molecule has 0 radical (unpaired) electrons. The van der Waals surface area contributed by atoms with Gasteiger partial charge in [-0.1, -0.05) is 12.5 Å². The molecule has 0 aliphatic heterocycles. The number of hydrogen-bond donors (Lipinski definition) is 2. The molecule has 2 rings (SSSR count). The Labute approximate surface area is 125 Å². The first-order chi connectivity index (χ1) is 10.1. The van der Waals surface area contributed by atoms with E-state index in [-0.39, 0.29) is 24.5 Å². The van der Waals surface area contributed by atoms with Crippen LogP contribution in [0.15, 0.2) is 24.3 Å². The Morgan fingerprint density at radius 1 is 1.52 bits per heavy atom. The highest BCUT2D eigenvalue weighted by molar-refractivity contribution is 5.92. The van der Waals surface area contributed by atoms with E-state index in [2.05, 4.69) is 5.32 Å². The lowest BCUT2D eigenvalue weighted by atomic mass is 10.1. The number of rotatable bonds is 5. The number of nitriles is 1. The van der Waals surface area contributed by atoms with Gasteiger partial charge < -0.3 is 10.4 Å². The minimum absolute atomic E-state index is 0.111. The van der Waals surface area contributed by atoms with E-state index in [0.717, 1.165) is 25.8 Å². The molecule has 112 valence electrons. The van der Waals surface area contributed by atoms with Crippen molar-refractivity contribution in [2.45, 2.75) is 25.4 Å². The van der Waals surface area contributed by atoms with E-state index in [1.165, 1.54) is 0 Å². The van der Waals surface area contributed by atoms with Crippen molar-refractivity contribution >= 4 is 11.6 Å². The van der Waals surface area contributed by atoms with Crippen molar-refractivity contribution in [2.75, 3.05) is 25.5 Å². The van der Waals surface area contributed by atoms with Gasteiger partial charge in [0.05, 0.1) is 24.3 Å². The van der Waals surface area contributed by atoms with Gasteiger partial charge in [-0.05, 0) is 44.0 Å². The monoisotopic (exact) mass is 287 g/mol. The van der Waals surface area contributed by atoms with Gasteiger partial charge in [0.2, 0.25) is 5.91 Å². The number of aliphatic hydroxyl groups is 1. The van der Waals surface area contributed by atoms with Gasteiger partial charge in [-0.2, -0.15) is 5.26 Å². The van der Waals surface area contributed by atoms with Crippen LogP contribution in [0.1, 0.15) is 24.8 Å². The molecule has 1 aromatic rings. The van der Waals surface area contributed by atoms with Crippen LogP contribution in [0.4, 0.5) is 5.69 Å². The van der Waals surface area contributed by atoms with Crippen molar-refractivity contribution in [1.82, 2.24) is 4.90 Å². The number of hydrogen-bond acceptors (Lipinski definition) is 4. The minimum Gasteiger partial charge on any atom is -0.393 e. The van der Waals surface area contributed by atoms with Crippen molar-refractivity contribution in [3.63, 3.8) is 0 Å². The second kappa shape index (κ2) is 7.21. The second-order valence-electron chi connectivity index (χ2n) is 5.70. The Hall–Kier alpha value is -1.90. The van der Waals surface area contributed by atoms with Crippen LogP contribution in [0.25, 0.3) is 0 Å². The number of amides is 1. The van der Waals surface area contributed by atoms with Crippen LogP contribution < -0.4 is 5.32 Å². The Kier molecular flexibility index (Phi) is 5.32. The van der Waals surface area contributed by atoms with Crippen LogP contribution in [0.2, 0.25) is 0 Å². The number of nitrogens with one attached hydrogen (secondary N) is 1. The maximum absolute atomic E-state index is 12.0. The number of likely N-dealkylation sites (N-methyl/N-ethyl adjacent to an activating group) is 1. The minimum atomic E-state index is -0.233. The molecule has 5 heteroatoms. The zero-order chi connectivity index (χ0) is 15.2. The van der Waals surface area contributed by atoms with Gasteiger partial charge in [0, 0.05) is 12.2 Å². The molecule has 0 spiro atoms. The maximum Gasteiger partial charge on any atom is 0.238 e. The summed E-state index contributed by atoms with van der Waals surface area (Å²) in [5.41, 5.74) is 1.16. The van der Waals surface area contributed by atoms with Crippen molar-refractivity contribution in [3.05, 3.63) is 29.8 Å². The molecule has 1 aliphatic carbocycles. The summed E-state index contributed by atoms with van der Waals surface area (Å²) < 4.78 is 0. The van der Waals surface area contributed by atoms with E-state index in [1.54, 1.807) is 24.3 Å². The zero-order valence-corrected chi connectivity index (χ0v) is 12.2. The topological polar surface area (TPSA) is 76.4 Å². The first-order valence-corrected chi connectivity index (χ1v) is 7.25. The second-order valence-corrected chi connectivity index (χ2v) is 5.70. The number of carbonyl (C=O) groups is 1. The van der Waals surface area contributed by atoms with Crippen molar-refractivity contribution in [3.8, 4) is 6.07 Å². The highest BCUT2D eigenvalue weighted by atomic mass is 16.3. The smallest absolute Gasteiger partial charge is 0.238 e. The quantitative estimate of drug-likeness (QED) is 0.862. The highest BCUT2D eigenvalue weighted by Gasteiger charge is 2.26. The van der Waals surface area contributed by atoms with Crippen LogP contribution in [-0.2, 0) is 4.79 Å². The fourth-order valence-electron chi connectivity index (χ4n) is 2.81. The fraction of sp³-hybridized carbons (Fsp3) is 0.500. The van der Waals surface area contributed by atoms with Crippen LogP contribution >= 0.6 is 0 Å². The summed E-state index contributed by atoms with van der Waals surface area (Å²) in [6.07, 6.45) is 2.72. The maximum atomic E-state index is 12.0. The largest absolute Gasteiger partial charge is 0.393 e. The fourth-order valence-corrected chi connectivity index (χ4v) is 2.81. The lowest BCUT2D eigenvalue weighted by molar-refractivity contribution is -0.117. The third kappa shape index (κ3) is 4.55. The van der Waals surface area contributed by atoms with E-state index in [1.807, 2.05) is 18.0 Å². The molecule has 1 aliphatic rings. The third-order valence-electron chi connectivity index (χ3n) is 3.85. The third-order valence-corrected chi connectivity index (χ3v) is 3.85. The molecule has 5 nitrogen and oxygen atoms in total. The summed E-state index contributed by atoms with van der Waals surface area (Å²) in [5, 5.41) is 21.4. The number of carbonyl (C=O) groups excluding carboxylic acids is 1. The highest BCUT2D eigenvalue weighted by Crippen LogP contribution is 2.25. The molecule has 1 fully saturated rings. The number of nitrogens with zero attached hydrogens (tertiary/aromatic N) is 2. The Morgan fingerprint density at radius 2 is 2.33 bits per heavy atom. The SMILES string of the molecule is CN(CC(=O)Nc1cccc(C#N)c1)CC1CCCC1O. The van der Waals surface area contributed by atoms with Crippen molar-refractivity contribution < 1.29 is 9.90 Å². The molecule has 1 aromatic carbocycles. The zero-order valence-electron chi connectivity index (χ0n) is 12.2. The van der Waals surface area contributed by atoms with Crippen molar-refractivity contribution in [1.29, 1.82) is 5.26 Å². The molecule has 0 bridgehead atoms. The van der Waals surface area contributed by atoms with Crippen LogP contribution in [0.3, 0.4) is 0 Å². The lowest BCUT2D eigenvalue weighted by Crippen LogP contribution is -2.35. The van der Waals surface area contributed by atoms with Gasteiger partial charge in [0.15, 0.2) is 0 Å². The standard InChI is InChI=1S/C16H21N3O2/c1-19(10-13-5-3-7-15(13)20)11-16(21)18-14-6-2-4-12(8-14)9-17/h2,4,6,8,13,15,20H,3,5,7,10-11H2,1H3,(H,18,21). The average Bonchev–Trinajstić information content (AvgIpc) is 2.84. The molecular formula is C16H21N3O2. The summed E-state index contributed by atoms with van der Waals surface area (Å²) >= 11 is 0. The first kappa shape index (κ1) is 15.5. The van der Waals surface area contributed by atoms with Crippen molar-refractivity contribution in [2.24, 2.45) is 5.92 Å². The number of benzene rings is 1. The Balaban J connectivity index is 1.82. The summed E-state index contributed by atoms with van der Waals surface area (Å²) in [5.74, 6) is 0.157. The molecule has 0 saturated heterocycles. The van der Waals surface area contributed by atoms with E-state index in [9.17, 15) is 9.90 Å². The van der Waals surface area contributed by atoms with E-state index in [0.29, 0.717) is 11.3 Å². The van der Waals surface area contributed by atoms with Gasteiger partial charge in [0.25, 0.3) is 0 Å². The number of aliphatic hydroxyl groups excluding tert-OH is 1. The first-order valence-electron chi connectivity index (χ1n) is 7.25.